The van der Waals surface area contributed by atoms with Crippen LogP contribution in [0.15, 0.2) is 22.6 Å². The van der Waals surface area contributed by atoms with Crippen LogP contribution >= 0.6 is 0 Å². The Balaban J connectivity index is 1.58. The highest BCUT2D eigenvalue weighted by molar-refractivity contribution is 6.02. The van der Waals surface area contributed by atoms with Crippen molar-refractivity contribution in [1.29, 1.82) is 0 Å². The molecule has 22 heavy (non-hydrogen) atoms. The quantitative estimate of drug-likeness (QED) is 0.748. The van der Waals surface area contributed by atoms with E-state index in [0.717, 1.165) is 25.0 Å². The number of amides is 1. The van der Waals surface area contributed by atoms with E-state index in [1.54, 1.807) is 29.8 Å². The minimum absolute atomic E-state index is 0.151. The third kappa shape index (κ3) is 2.18. The molecule has 0 radical (unpaired) electrons. The topological polar surface area (TPSA) is 97.9 Å². The van der Waals surface area contributed by atoms with Crippen LogP contribution in [0.5, 0.6) is 0 Å². The number of nitrogens with zero attached hydrogens (tertiary/aromatic N) is 4. The Hall–Kier alpha value is -2.90. The Morgan fingerprint density at radius 3 is 3.18 bits per heavy atom. The summed E-state index contributed by atoms with van der Waals surface area (Å²) < 4.78 is 7.16. The molecule has 0 unspecified atom stereocenters. The highest BCUT2D eigenvalue weighted by atomic mass is 16.3. The molecular formula is C14H14N6O2. The lowest BCUT2D eigenvalue weighted by atomic mass is 10.3. The van der Waals surface area contributed by atoms with Crippen LogP contribution in [-0.2, 0) is 6.54 Å². The van der Waals surface area contributed by atoms with Crippen molar-refractivity contribution in [2.75, 3.05) is 17.2 Å². The molecule has 1 aliphatic rings. The van der Waals surface area contributed by atoms with E-state index in [2.05, 4.69) is 25.7 Å². The van der Waals surface area contributed by atoms with Gasteiger partial charge in [0.2, 0.25) is 11.8 Å². The fraction of sp³-hybridized carbons (Fsp3) is 0.286. The van der Waals surface area contributed by atoms with E-state index in [9.17, 15) is 4.79 Å². The molecule has 2 aromatic heterocycles. The van der Waals surface area contributed by atoms with Gasteiger partial charge >= 0.3 is 0 Å². The summed E-state index contributed by atoms with van der Waals surface area (Å²) in [5.74, 6) is 1.03. The van der Waals surface area contributed by atoms with Crippen LogP contribution in [0.3, 0.4) is 0 Å². The summed E-state index contributed by atoms with van der Waals surface area (Å²) in [6.07, 6.45) is 0.971. The van der Waals surface area contributed by atoms with Crippen molar-refractivity contribution in [3.63, 3.8) is 0 Å². The first-order valence-corrected chi connectivity index (χ1v) is 7.06. The molecule has 0 saturated heterocycles. The van der Waals surface area contributed by atoms with E-state index >= 15 is 0 Å². The van der Waals surface area contributed by atoms with Gasteiger partial charge in [0.25, 0.3) is 5.91 Å². The van der Waals surface area contributed by atoms with Crippen molar-refractivity contribution >= 4 is 28.6 Å². The fourth-order valence-electron chi connectivity index (χ4n) is 2.46. The molecule has 3 aromatic rings. The molecule has 3 heterocycles. The molecule has 0 atom stereocenters. The maximum Gasteiger partial charge on any atom is 0.295 e. The van der Waals surface area contributed by atoms with Gasteiger partial charge < -0.3 is 15.1 Å². The van der Waals surface area contributed by atoms with Crippen LogP contribution in [0.1, 0.15) is 22.9 Å². The first kappa shape index (κ1) is 12.8. The van der Waals surface area contributed by atoms with Gasteiger partial charge in [-0.2, -0.15) is 4.98 Å². The third-order valence-electron chi connectivity index (χ3n) is 3.46. The average molecular weight is 298 g/mol. The first-order valence-electron chi connectivity index (χ1n) is 7.06. The number of benzene rings is 1. The minimum Gasteiger partial charge on any atom is -0.441 e. The number of fused-ring (bicyclic) bond motifs is 2. The smallest absolute Gasteiger partial charge is 0.295 e. The van der Waals surface area contributed by atoms with Crippen molar-refractivity contribution in [1.82, 2.24) is 19.7 Å². The molecule has 1 amide bonds. The number of carbonyl (C=O) groups excluding carboxylic acids is 1. The van der Waals surface area contributed by atoms with Crippen molar-refractivity contribution in [3.8, 4) is 0 Å². The average Bonchev–Trinajstić information content (AvgIpc) is 3.08. The lowest BCUT2D eigenvalue weighted by molar-refractivity contribution is 0.101. The van der Waals surface area contributed by atoms with Gasteiger partial charge in [-0.05, 0) is 18.6 Å². The van der Waals surface area contributed by atoms with E-state index in [1.807, 2.05) is 0 Å². The maximum atomic E-state index is 12.2. The summed E-state index contributed by atoms with van der Waals surface area (Å²) in [5.41, 5.74) is 2.01. The van der Waals surface area contributed by atoms with Crippen molar-refractivity contribution < 1.29 is 9.21 Å². The number of hydrogen-bond donors (Lipinski definition) is 2. The van der Waals surface area contributed by atoms with Gasteiger partial charge in [0.15, 0.2) is 11.5 Å². The van der Waals surface area contributed by atoms with Gasteiger partial charge in [0.1, 0.15) is 5.52 Å². The fourth-order valence-corrected chi connectivity index (χ4v) is 2.46. The number of rotatable bonds is 2. The molecule has 112 valence electrons. The van der Waals surface area contributed by atoms with Gasteiger partial charge in [-0.25, -0.2) is 9.67 Å². The zero-order valence-electron chi connectivity index (χ0n) is 12.0. The Morgan fingerprint density at radius 2 is 2.32 bits per heavy atom. The van der Waals surface area contributed by atoms with Crippen molar-refractivity contribution in [3.05, 3.63) is 29.9 Å². The number of carbonyl (C=O) groups is 1. The van der Waals surface area contributed by atoms with Gasteiger partial charge in [-0.3, -0.25) is 4.79 Å². The highest BCUT2D eigenvalue weighted by Gasteiger charge is 2.18. The first-order chi connectivity index (χ1) is 10.7. The number of oxazole rings is 1. The molecule has 0 saturated carbocycles. The molecule has 0 spiro atoms. The molecule has 8 nitrogen and oxygen atoms in total. The molecule has 4 rings (SSSR count). The summed E-state index contributed by atoms with van der Waals surface area (Å²) in [6, 6.07) is 5.31. The predicted molar refractivity (Wildman–Crippen MR) is 79.8 cm³/mol. The summed E-state index contributed by atoms with van der Waals surface area (Å²) in [6.45, 7) is 3.40. The summed E-state index contributed by atoms with van der Waals surface area (Å²) in [7, 11) is 0. The summed E-state index contributed by atoms with van der Waals surface area (Å²) >= 11 is 0. The standard InChI is InChI=1S/C14H14N6O2/c1-8-16-10-4-3-9(7-11(10)22-8)17-13(21)12-18-14-15-5-2-6-20(14)19-12/h3-4,7H,2,5-6H2,1H3,(H,17,21)(H,15,18,19). The zero-order valence-corrected chi connectivity index (χ0v) is 12.0. The Morgan fingerprint density at radius 1 is 1.41 bits per heavy atom. The van der Waals surface area contributed by atoms with E-state index in [1.165, 1.54) is 0 Å². The van der Waals surface area contributed by atoms with Gasteiger partial charge in [-0.1, -0.05) is 0 Å². The third-order valence-corrected chi connectivity index (χ3v) is 3.46. The van der Waals surface area contributed by atoms with Gasteiger partial charge in [-0.15, -0.1) is 5.10 Å². The summed E-state index contributed by atoms with van der Waals surface area (Å²) in [5, 5.41) is 10.1. The molecular weight excluding hydrogens is 284 g/mol. The van der Waals surface area contributed by atoms with E-state index in [-0.39, 0.29) is 11.7 Å². The number of aromatic nitrogens is 4. The second-order valence-electron chi connectivity index (χ2n) is 5.13. The van der Waals surface area contributed by atoms with Gasteiger partial charge in [0, 0.05) is 31.8 Å². The van der Waals surface area contributed by atoms with Crippen molar-refractivity contribution in [2.45, 2.75) is 19.9 Å². The molecule has 2 N–H and O–H groups in total. The van der Waals surface area contributed by atoms with Crippen LogP contribution in [-0.4, -0.2) is 32.2 Å². The molecule has 0 fully saturated rings. The molecule has 1 aromatic carbocycles. The lowest BCUT2D eigenvalue weighted by Gasteiger charge is -2.12. The highest BCUT2D eigenvalue weighted by Crippen LogP contribution is 2.20. The van der Waals surface area contributed by atoms with E-state index in [0.29, 0.717) is 23.1 Å². The van der Waals surface area contributed by atoms with E-state index < -0.39 is 0 Å². The van der Waals surface area contributed by atoms with Crippen molar-refractivity contribution in [2.24, 2.45) is 0 Å². The normalized spacial score (nSPS) is 13.7. The van der Waals surface area contributed by atoms with E-state index in [4.69, 9.17) is 4.42 Å². The Labute approximate surface area is 125 Å². The van der Waals surface area contributed by atoms with Crippen LogP contribution in [0.2, 0.25) is 0 Å². The van der Waals surface area contributed by atoms with Crippen LogP contribution < -0.4 is 10.6 Å². The Kier molecular flexibility index (Phi) is 2.81. The monoisotopic (exact) mass is 298 g/mol. The maximum absolute atomic E-state index is 12.2. The second kappa shape index (κ2) is 4.83. The largest absolute Gasteiger partial charge is 0.441 e. The zero-order chi connectivity index (χ0) is 15.1. The molecule has 0 aliphatic carbocycles. The predicted octanol–water partition coefficient (Wildman–Crippen LogP) is 1.80. The van der Waals surface area contributed by atoms with Crippen LogP contribution in [0.25, 0.3) is 11.1 Å². The molecule has 0 bridgehead atoms. The number of anilines is 2. The SMILES string of the molecule is Cc1nc2ccc(NC(=O)c3nc4n(n3)CCCN4)cc2o1. The number of hydrogen-bond acceptors (Lipinski definition) is 6. The minimum atomic E-state index is -0.348. The molecule has 1 aliphatic heterocycles. The lowest BCUT2D eigenvalue weighted by Crippen LogP contribution is -2.18. The Bertz CT molecular complexity index is 842. The van der Waals surface area contributed by atoms with Crippen LogP contribution in [0.4, 0.5) is 11.6 Å². The number of nitrogens with one attached hydrogen (secondary N) is 2. The van der Waals surface area contributed by atoms with Crippen LogP contribution in [0, 0.1) is 6.92 Å². The molecule has 8 heteroatoms. The van der Waals surface area contributed by atoms with Gasteiger partial charge in [0.05, 0.1) is 0 Å². The summed E-state index contributed by atoms with van der Waals surface area (Å²) in [4.78, 5) is 20.7. The second-order valence-corrected chi connectivity index (χ2v) is 5.13. The number of aryl methyl sites for hydroxylation is 2.